The van der Waals surface area contributed by atoms with Gasteiger partial charge < -0.3 is 15.3 Å². The average Bonchev–Trinajstić information content (AvgIpc) is 2.94. The Balaban J connectivity index is 2.13. The van der Waals surface area contributed by atoms with E-state index in [0.29, 0.717) is 19.0 Å². The fourth-order valence-corrected chi connectivity index (χ4v) is 1.80. The van der Waals surface area contributed by atoms with E-state index in [-0.39, 0.29) is 24.2 Å². The molecule has 2 N–H and O–H groups in total. The molecule has 1 aliphatic carbocycles. The maximum atomic E-state index is 11.6. The van der Waals surface area contributed by atoms with Crippen LogP contribution in [0.4, 0.5) is 0 Å². The maximum absolute atomic E-state index is 11.6. The summed E-state index contributed by atoms with van der Waals surface area (Å²) < 4.78 is 0. The Labute approximate surface area is 102 Å². The Hall–Kier alpha value is -1.10. The number of rotatable bonds is 6. The highest BCUT2D eigenvalue weighted by molar-refractivity contribution is 5.82. The summed E-state index contributed by atoms with van der Waals surface area (Å²) in [7, 11) is 1.65. The van der Waals surface area contributed by atoms with Gasteiger partial charge in [-0.25, -0.2) is 0 Å². The standard InChI is InChI=1S/C12H22N2O3/c1-8-6-10(8)12(17)13-5-4-11(16)14(3)7-9(2)15/h8-10,15H,4-7H2,1-3H3,(H,13,17). The average molecular weight is 242 g/mol. The number of nitrogens with zero attached hydrogens (tertiary/aromatic N) is 1. The number of hydrogen-bond donors (Lipinski definition) is 2. The molecule has 0 radical (unpaired) electrons. The Morgan fingerprint density at radius 3 is 2.59 bits per heavy atom. The summed E-state index contributed by atoms with van der Waals surface area (Å²) in [5.41, 5.74) is 0. The van der Waals surface area contributed by atoms with Crippen LogP contribution in [0.3, 0.4) is 0 Å². The van der Waals surface area contributed by atoms with Gasteiger partial charge in [0, 0.05) is 32.5 Å². The first kappa shape index (κ1) is 14.0. The van der Waals surface area contributed by atoms with Gasteiger partial charge in [0.15, 0.2) is 0 Å². The largest absolute Gasteiger partial charge is 0.392 e. The van der Waals surface area contributed by atoms with Gasteiger partial charge in [-0.15, -0.1) is 0 Å². The number of nitrogens with one attached hydrogen (secondary N) is 1. The van der Waals surface area contributed by atoms with Crippen molar-refractivity contribution in [1.29, 1.82) is 0 Å². The van der Waals surface area contributed by atoms with Gasteiger partial charge in [-0.2, -0.15) is 0 Å². The highest BCUT2D eigenvalue weighted by Gasteiger charge is 2.38. The van der Waals surface area contributed by atoms with Crippen molar-refractivity contribution >= 4 is 11.8 Å². The van der Waals surface area contributed by atoms with E-state index in [1.165, 1.54) is 4.90 Å². The highest BCUT2D eigenvalue weighted by atomic mass is 16.3. The van der Waals surface area contributed by atoms with Crippen molar-refractivity contribution < 1.29 is 14.7 Å². The molecule has 1 rings (SSSR count). The van der Waals surface area contributed by atoms with Gasteiger partial charge in [0.1, 0.15) is 0 Å². The minimum absolute atomic E-state index is 0.0588. The van der Waals surface area contributed by atoms with Crippen molar-refractivity contribution in [2.75, 3.05) is 20.1 Å². The fourth-order valence-electron chi connectivity index (χ4n) is 1.80. The molecule has 0 aliphatic heterocycles. The van der Waals surface area contributed by atoms with Crippen LogP contribution in [-0.2, 0) is 9.59 Å². The molecule has 1 aliphatic rings. The van der Waals surface area contributed by atoms with Crippen LogP contribution in [0.2, 0.25) is 0 Å². The van der Waals surface area contributed by atoms with Crippen LogP contribution in [0.25, 0.3) is 0 Å². The van der Waals surface area contributed by atoms with E-state index in [1.54, 1.807) is 14.0 Å². The number of aliphatic hydroxyl groups excluding tert-OH is 1. The van der Waals surface area contributed by atoms with E-state index in [2.05, 4.69) is 5.32 Å². The van der Waals surface area contributed by atoms with E-state index < -0.39 is 6.10 Å². The first-order chi connectivity index (χ1) is 7.91. The van der Waals surface area contributed by atoms with E-state index >= 15 is 0 Å². The molecule has 0 spiro atoms. The zero-order chi connectivity index (χ0) is 13.0. The summed E-state index contributed by atoms with van der Waals surface area (Å²) in [6.45, 7) is 4.39. The minimum atomic E-state index is -0.522. The van der Waals surface area contributed by atoms with Gasteiger partial charge in [-0.1, -0.05) is 6.92 Å². The van der Waals surface area contributed by atoms with Crippen molar-refractivity contribution in [2.24, 2.45) is 11.8 Å². The number of carbonyl (C=O) groups excluding carboxylic acids is 2. The van der Waals surface area contributed by atoms with Gasteiger partial charge in [0.25, 0.3) is 0 Å². The van der Waals surface area contributed by atoms with Gasteiger partial charge in [0.05, 0.1) is 6.10 Å². The predicted molar refractivity (Wildman–Crippen MR) is 64.2 cm³/mol. The lowest BCUT2D eigenvalue weighted by Crippen LogP contribution is -2.36. The molecule has 98 valence electrons. The molecular formula is C12H22N2O3. The van der Waals surface area contributed by atoms with Crippen molar-refractivity contribution in [3.05, 3.63) is 0 Å². The number of hydrogen-bond acceptors (Lipinski definition) is 3. The summed E-state index contributed by atoms with van der Waals surface area (Å²) in [6.07, 6.45) is 0.725. The molecule has 3 atom stereocenters. The van der Waals surface area contributed by atoms with Crippen LogP contribution < -0.4 is 5.32 Å². The molecule has 0 heterocycles. The zero-order valence-corrected chi connectivity index (χ0v) is 10.8. The molecule has 0 bridgehead atoms. The molecule has 0 aromatic carbocycles. The zero-order valence-electron chi connectivity index (χ0n) is 10.8. The van der Waals surface area contributed by atoms with Crippen LogP contribution in [0.15, 0.2) is 0 Å². The molecule has 0 saturated heterocycles. The molecule has 17 heavy (non-hydrogen) atoms. The molecule has 0 aromatic rings. The predicted octanol–water partition coefficient (Wildman–Crippen LogP) is -0.0121. The SMILES string of the molecule is CC(O)CN(C)C(=O)CCNC(=O)C1CC1C. The summed E-state index contributed by atoms with van der Waals surface area (Å²) in [5.74, 6) is 0.641. The Kier molecular flexibility index (Phi) is 4.93. The summed E-state index contributed by atoms with van der Waals surface area (Å²) >= 11 is 0. The van der Waals surface area contributed by atoms with Crippen molar-refractivity contribution in [1.82, 2.24) is 10.2 Å². The quantitative estimate of drug-likeness (QED) is 0.688. The first-order valence-corrected chi connectivity index (χ1v) is 6.11. The molecular weight excluding hydrogens is 220 g/mol. The highest BCUT2D eigenvalue weighted by Crippen LogP contribution is 2.37. The third-order valence-corrected chi connectivity index (χ3v) is 3.05. The van der Waals surface area contributed by atoms with Gasteiger partial charge in [-0.3, -0.25) is 9.59 Å². The van der Waals surface area contributed by atoms with E-state index in [9.17, 15) is 9.59 Å². The molecule has 3 unspecified atom stereocenters. The van der Waals surface area contributed by atoms with E-state index in [1.807, 2.05) is 6.92 Å². The summed E-state index contributed by atoms with van der Waals surface area (Å²) in [6, 6.07) is 0. The van der Waals surface area contributed by atoms with E-state index in [4.69, 9.17) is 5.11 Å². The second kappa shape index (κ2) is 6.00. The van der Waals surface area contributed by atoms with Crippen LogP contribution in [0.1, 0.15) is 26.7 Å². The smallest absolute Gasteiger partial charge is 0.224 e. The van der Waals surface area contributed by atoms with Gasteiger partial charge in [0.2, 0.25) is 11.8 Å². The Morgan fingerprint density at radius 1 is 1.53 bits per heavy atom. The van der Waals surface area contributed by atoms with Gasteiger partial charge >= 0.3 is 0 Å². The fraction of sp³-hybridized carbons (Fsp3) is 0.833. The van der Waals surface area contributed by atoms with Gasteiger partial charge in [-0.05, 0) is 19.3 Å². The second-order valence-electron chi connectivity index (χ2n) is 4.98. The maximum Gasteiger partial charge on any atom is 0.224 e. The summed E-state index contributed by atoms with van der Waals surface area (Å²) in [5, 5.41) is 11.9. The molecule has 5 nitrogen and oxygen atoms in total. The lowest BCUT2D eigenvalue weighted by atomic mass is 10.3. The number of amides is 2. The van der Waals surface area contributed by atoms with Crippen molar-refractivity contribution in [3.8, 4) is 0 Å². The molecule has 5 heteroatoms. The lowest BCUT2D eigenvalue weighted by molar-refractivity contribution is -0.131. The molecule has 1 fully saturated rings. The third-order valence-electron chi connectivity index (χ3n) is 3.05. The number of likely N-dealkylation sites (N-methyl/N-ethyl adjacent to an activating group) is 1. The third kappa shape index (κ3) is 4.73. The van der Waals surface area contributed by atoms with Crippen LogP contribution in [0, 0.1) is 11.8 Å². The van der Waals surface area contributed by atoms with E-state index in [0.717, 1.165) is 6.42 Å². The normalized spacial score (nSPS) is 24.0. The van der Waals surface area contributed by atoms with Crippen LogP contribution >= 0.6 is 0 Å². The van der Waals surface area contributed by atoms with Crippen molar-refractivity contribution in [3.63, 3.8) is 0 Å². The molecule has 2 amide bonds. The Morgan fingerprint density at radius 2 is 2.12 bits per heavy atom. The monoisotopic (exact) mass is 242 g/mol. The molecule has 1 saturated carbocycles. The lowest BCUT2D eigenvalue weighted by Gasteiger charge is -2.18. The summed E-state index contributed by atoms with van der Waals surface area (Å²) in [4.78, 5) is 24.5. The van der Waals surface area contributed by atoms with Crippen LogP contribution in [0.5, 0.6) is 0 Å². The topological polar surface area (TPSA) is 69.6 Å². The molecule has 0 aromatic heterocycles. The minimum Gasteiger partial charge on any atom is -0.392 e. The van der Waals surface area contributed by atoms with Crippen molar-refractivity contribution in [2.45, 2.75) is 32.8 Å². The first-order valence-electron chi connectivity index (χ1n) is 6.11. The second-order valence-corrected chi connectivity index (χ2v) is 4.98. The van der Waals surface area contributed by atoms with Crippen LogP contribution in [-0.4, -0.2) is 48.1 Å². The Bertz CT molecular complexity index is 291. The number of aliphatic hydroxyl groups is 1. The number of carbonyl (C=O) groups is 2.